The van der Waals surface area contributed by atoms with E-state index in [0.717, 1.165) is 42.4 Å². The van der Waals surface area contributed by atoms with Gasteiger partial charge < -0.3 is 4.90 Å². The first-order valence-electron chi connectivity index (χ1n) is 5.92. The Kier molecular flexibility index (Phi) is 2.91. The van der Waals surface area contributed by atoms with Crippen LogP contribution in [-0.2, 0) is 10.0 Å². The highest BCUT2D eigenvalue weighted by atomic mass is 32.2. The molecule has 3 rings (SSSR count). The summed E-state index contributed by atoms with van der Waals surface area (Å²) in [4.78, 5) is 6.37. The Morgan fingerprint density at radius 1 is 1.28 bits per heavy atom. The molecule has 18 heavy (non-hydrogen) atoms. The molecule has 2 heterocycles. The van der Waals surface area contributed by atoms with Crippen molar-refractivity contribution in [3.63, 3.8) is 0 Å². The minimum Gasteiger partial charge on any atom is -0.347 e. The quantitative estimate of drug-likeness (QED) is 0.828. The average molecular weight is 285 g/mol. The number of aromatic nitrogens is 1. The number of allylic oxidation sites excluding steroid dienone is 2. The number of primary sulfonamides is 1. The molecule has 98 valence electrons. The standard InChI is InChI=1S/C11H15N3O2S2/c12-18(15,16)10-5-13-11(17-10)14-6-8-3-1-2-4-9(8)7-14/h1-2,5,8-9H,3-4,6-7H2,(H2,12,15,16). The topological polar surface area (TPSA) is 76.3 Å². The van der Waals surface area contributed by atoms with Crippen LogP contribution in [0.3, 0.4) is 0 Å². The average Bonchev–Trinajstić information content (AvgIpc) is 2.94. The van der Waals surface area contributed by atoms with Gasteiger partial charge in [-0.05, 0) is 24.7 Å². The zero-order chi connectivity index (χ0) is 12.8. The van der Waals surface area contributed by atoms with E-state index in [1.807, 2.05) is 0 Å². The van der Waals surface area contributed by atoms with Crippen molar-refractivity contribution in [1.29, 1.82) is 0 Å². The van der Waals surface area contributed by atoms with Gasteiger partial charge in [0, 0.05) is 13.1 Å². The van der Waals surface area contributed by atoms with E-state index < -0.39 is 10.0 Å². The van der Waals surface area contributed by atoms with Crippen molar-refractivity contribution in [2.75, 3.05) is 18.0 Å². The Balaban J connectivity index is 1.79. The highest BCUT2D eigenvalue weighted by Crippen LogP contribution is 2.37. The highest BCUT2D eigenvalue weighted by molar-refractivity contribution is 7.91. The second kappa shape index (κ2) is 4.32. The zero-order valence-electron chi connectivity index (χ0n) is 9.82. The summed E-state index contributed by atoms with van der Waals surface area (Å²) >= 11 is 1.16. The first-order chi connectivity index (χ1) is 8.54. The molecule has 0 bridgehead atoms. The summed E-state index contributed by atoms with van der Waals surface area (Å²) < 4.78 is 22.6. The van der Waals surface area contributed by atoms with E-state index in [2.05, 4.69) is 22.0 Å². The summed E-state index contributed by atoms with van der Waals surface area (Å²) in [5.74, 6) is 1.36. The van der Waals surface area contributed by atoms with E-state index in [0.29, 0.717) is 11.8 Å². The number of hydrogen-bond acceptors (Lipinski definition) is 5. The maximum Gasteiger partial charge on any atom is 0.249 e. The molecule has 2 unspecified atom stereocenters. The minimum absolute atomic E-state index is 0.144. The molecule has 1 saturated heterocycles. The highest BCUT2D eigenvalue weighted by Gasteiger charge is 2.34. The van der Waals surface area contributed by atoms with Gasteiger partial charge in [-0.2, -0.15) is 0 Å². The van der Waals surface area contributed by atoms with Gasteiger partial charge in [0.15, 0.2) is 9.34 Å². The van der Waals surface area contributed by atoms with Gasteiger partial charge >= 0.3 is 0 Å². The van der Waals surface area contributed by atoms with Gasteiger partial charge in [-0.1, -0.05) is 23.5 Å². The molecule has 2 aliphatic rings. The van der Waals surface area contributed by atoms with Crippen LogP contribution in [0.5, 0.6) is 0 Å². The summed E-state index contributed by atoms with van der Waals surface area (Å²) in [6.45, 7) is 1.93. The van der Waals surface area contributed by atoms with Crippen molar-refractivity contribution in [3.8, 4) is 0 Å². The zero-order valence-corrected chi connectivity index (χ0v) is 11.5. The lowest BCUT2D eigenvalue weighted by Gasteiger charge is -2.17. The lowest BCUT2D eigenvalue weighted by molar-refractivity contribution is 0.411. The number of nitrogens with zero attached hydrogens (tertiary/aromatic N) is 2. The number of rotatable bonds is 2. The van der Waals surface area contributed by atoms with Crippen LogP contribution in [0.2, 0.25) is 0 Å². The molecule has 1 fully saturated rings. The minimum atomic E-state index is -3.62. The molecule has 0 saturated carbocycles. The van der Waals surface area contributed by atoms with Crippen LogP contribution < -0.4 is 10.0 Å². The fourth-order valence-corrected chi connectivity index (χ4v) is 4.26. The van der Waals surface area contributed by atoms with Gasteiger partial charge in [-0.25, -0.2) is 18.5 Å². The third-order valence-corrected chi connectivity index (χ3v) is 6.11. The van der Waals surface area contributed by atoms with Crippen LogP contribution in [0.25, 0.3) is 0 Å². The maximum atomic E-state index is 11.2. The number of sulfonamides is 1. The smallest absolute Gasteiger partial charge is 0.249 e. The molecule has 0 spiro atoms. The first kappa shape index (κ1) is 12.1. The Morgan fingerprint density at radius 2 is 1.89 bits per heavy atom. The third-order valence-electron chi connectivity index (χ3n) is 3.64. The number of fused-ring (bicyclic) bond motifs is 1. The van der Waals surface area contributed by atoms with Gasteiger partial charge in [0.25, 0.3) is 0 Å². The first-order valence-corrected chi connectivity index (χ1v) is 8.29. The number of hydrogen-bond donors (Lipinski definition) is 1. The fourth-order valence-electron chi connectivity index (χ4n) is 2.70. The summed E-state index contributed by atoms with van der Waals surface area (Å²) in [6.07, 6.45) is 8.07. The Bertz CT molecular complexity index is 563. The summed E-state index contributed by atoms with van der Waals surface area (Å²) in [5.41, 5.74) is 0. The van der Waals surface area contributed by atoms with Gasteiger partial charge in [-0.3, -0.25) is 0 Å². The van der Waals surface area contributed by atoms with Gasteiger partial charge in [-0.15, -0.1) is 0 Å². The van der Waals surface area contributed by atoms with Crippen molar-refractivity contribution in [2.45, 2.75) is 17.1 Å². The molecule has 2 N–H and O–H groups in total. The molecule has 1 aromatic rings. The van der Waals surface area contributed by atoms with E-state index in [1.54, 1.807) is 0 Å². The Labute approximate surface area is 110 Å². The predicted molar refractivity (Wildman–Crippen MR) is 71.1 cm³/mol. The second-order valence-electron chi connectivity index (χ2n) is 4.87. The molecule has 1 aliphatic heterocycles. The van der Waals surface area contributed by atoms with Crippen LogP contribution >= 0.6 is 11.3 Å². The molecule has 0 aromatic carbocycles. The van der Waals surface area contributed by atoms with Crippen LogP contribution in [-0.4, -0.2) is 26.5 Å². The van der Waals surface area contributed by atoms with E-state index in [1.165, 1.54) is 6.20 Å². The largest absolute Gasteiger partial charge is 0.347 e. The number of thiazole rings is 1. The summed E-state index contributed by atoms with van der Waals surface area (Å²) in [6, 6.07) is 0. The molecule has 5 nitrogen and oxygen atoms in total. The molecule has 0 radical (unpaired) electrons. The van der Waals surface area contributed by atoms with E-state index in [4.69, 9.17) is 5.14 Å². The molecular formula is C11H15N3O2S2. The van der Waals surface area contributed by atoms with Crippen LogP contribution in [0, 0.1) is 11.8 Å². The lowest BCUT2D eigenvalue weighted by Crippen LogP contribution is -2.19. The maximum absolute atomic E-state index is 11.2. The molecule has 2 atom stereocenters. The Morgan fingerprint density at radius 3 is 2.39 bits per heavy atom. The van der Waals surface area contributed by atoms with Crippen LogP contribution in [0.1, 0.15) is 12.8 Å². The predicted octanol–water partition coefficient (Wildman–Crippen LogP) is 1.19. The second-order valence-corrected chi connectivity index (χ2v) is 7.67. The molecule has 1 aliphatic carbocycles. The van der Waals surface area contributed by atoms with Crippen molar-refractivity contribution in [1.82, 2.24) is 4.98 Å². The third kappa shape index (κ3) is 2.17. The Hall–Kier alpha value is -0.920. The molecule has 1 aromatic heterocycles. The summed E-state index contributed by atoms with van der Waals surface area (Å²) in [7, 11) is -3.62. The van der Waals surface area contributed by atoms with Crippen LogP contribution in [0.4, 0.5) is 5.13 Å². The van der Waals surface area contributed by atoms with E-state index in [9.17, 15) is 8.42 Å². The molecule has 0 amide bonds. The number of nitrogens with two attached hydrogens (primary N) is 1. The lowest BCUT2D eigenvalue weighted by atomic mass is 9.86. The SMILES string of the molecule is NS(=O)(=O)c1cnc(N2CC3CC=CCC3C2)s1. The normalized spacial score (nSPS) is 27.5. The van der Waals surface area contributed by atoms with Crippen molar-refractivity contribution in [2.24, 2.45) is 17.0 Å². The van der Waals surface area contributed by atoms with Gasteiger partial charge in [0.1, 0.15) is 0 Å². The van der Waals surface area contributed by atoms with Gasteiger partial charge in [0.05, 0.1) is 6.20 Å². The van der Waals surface area contributed by atoms with Crippen molar-refractivity contribution < 1.29 is 8.42 Å². The fraction of sp³-hybridized carbons (Fsp3) is 0.545. The van der Waals surface area contributed by atoms with E-state index >= 15 is 0 Å². The van der Waals surface area contributed by atoms with Crippen LogP contribution in [0.15, 0.2) is 22.6 Å². The molecule has 7 heteroatoms. The molecular weight excluding hydrogens is 270 g/mol. The number of anilines is 1. The van der Waals surface area contributed by atoms with Crippen molar-refractivity contribution in [3.05, 3.63) is 18.3 Å². The van der Waals surface area contributed by atoms with Crippen molar-refractivity contribution >= 4 is 26.5 Å². The summed E-state index contributed by atoms with van der Waals surface area (Å²) in [5, 5.41) is 5.87. The van der Waals surface area contributed by atoms with Gasteiger partial charge in [0.2, 0.25) is 10.0 Å². The monoisotopic (exact) mass is 285 g/mol. The van der Waals surface area contributed by atoms with E-state index in [-0.39, 0.29) is 4.21 Å².